The van der Waals surface area contributed by atoms with Crippen molar-refractivity contribution >= 4 is 34.9 Å². The predicted molar refractivity (Wildman–Crippen MR) is 107 cm³/mol. The molecule has 3 aromatic rings. The number of carbonyl (C=O) groups excluding carboxylic acids is 2. The number of hydrogen-bond acceptors (Lipinski definition) is 4. The molecule has 138 valence electrons. The Kier molecular flexibility index (Phi) is 4.67. The SMILES string of the molecule is O=C1C(=O)N(c2ccccn2)[C@@H](c2ccc(Cl)cc2)/C1=C(\O)c1ccccc1. The zero-order valence-electron chi connectivity index (χ0n) is 14.6. The average molecular weight is 391 g/mol. The van der Waals surface area contributed by atoms with Crippen molar-refractivity contribution in [3.63, 3.8) is 0 Å². The molecular weight excluding hydrogens is 376 g/mol. The standard InChI is InChI=1S/C22H15ClN2O3/c23-16-11-9-14(10-12-16)19-18(20(26)15-6-2-1-3-7-15)21(27)22(28)25(19)17-8-4-5-13-24-17/h1-13,19,26H/b20-18+/t19-/m0/s1. The number of ketones is 1. The zero-order valence-corrected chi connectivity index (χ0v) is 15.4. The second-order valence-electron chi connectivity index (χ2n) is 6.27. The number of nitrogens with zero attached hydrogens (tertiary/aromatic N) is 2. The largest absolute Gasteiger partial charge is 0.507 e. The summed E-state index contributed by atoms with van der Waals surface area (Å²) in [6, 6.07) is 19.8. The molecule has 4 rings (SSSR count). The number of halogens is 1. The molecule has 1 aliphatic heterocycles. The summed E-state index contributed by atoms with van der Waals surface area (Å²) in [6.45, 7) is 0. The second kappa shape index (κ2) is 7.29. The summed E-state index contributed by atoms with van der Waals surface area (Å²) in [4.78, 5) is 31.3. The number of aliphatic hydroxyl groups excluding tert-OH is 1. The van der Waals surface area contributed by atoms with Gasteiger partial charge in [0.1, 0.15) is 11.6 Å². The quantitative estimate of drug-likeness (QED) is 0.410. The van der Waals surface area contributed by atoms with Crippen LogP contribution in [0.5, 0.6) is 0 Å². The number of benzene rings is 2. The molecular formula is C22H15ClN2O3. The van der Waals surface area contributed by atoms with Crippen LogP contribution >= 0.6 is 11.6 Å². The minimum Gasteiger partial charge on any atom is -0.507 e. The highest BCUT2D eigenvalue weighted by atomic mass is 35.5. The predicted octanol–water partition coefficient (Wildman–Crippen LogP) is 4.36. The first kappa shape index (κ1) is 17.9. The van der Waals surface area contributed by atoms with Gasteiger partial charge in [-0.2, -0.15) is 0 Å². The van der Waals surface area contributed by atoms with Gasteiger partial charge < -0.3 is 5.11 Å². The van der Waals surface area contributed by atoms with Crippen molar-refractivity contribution in [2.45, 2.75) is 6.04 Å². The van der Waals surface area contributed by atoms with Crippen LogP contribution in [0.4, 0.5) is 5.82 Å². The van der Waals surface area contributed by atoms with Gasteiger partial charge in [-0.25, -0.2) is 4.98 Å². The van der Waals surface area contributed by atoms with Crippen molar-refractivity contribution in [3.8, 4) is 0 Å². The summed E-state index contributed by atoms with van der Waals surface area (Å²) in [5.74, 6) is -1.39. The Morgan fingerprint density at radius 1 is 0.929 bits per heavy atom. The fraction of sp³-hybridized carbons (Fsp3) is 0.0455. The van der Waals surface area contributed by atoms with Crippen LogP contribution in [0.25, 0.3) is 5.76 Å². The van der Waals surface area contributed by atoms with Gasteiger partial charge in [0, 0.05) is 16.8 Å². The summed E-state index contributed by atoms with van der Waals surface area (Å²) >= 11 is 6.00. The van der Waals surface area contributed by atoms with Gasteiger partial charge in [0.15, 0.2) is 0 Å². The van der Waals surface area contributed by atoms with Crippen molar-refractivity contribution < 1.29 is 14.7 Å². The smallest absolute Gasteiger partial charge is 0.301 e. The summed E-state index contributed by atoms with van der Waals surface area (Å²) < 4.78 is 0. The highest BCUT2D eigenvalue weighted by Crippen LogP contribution is 2.41. The van der Waals surface area contributed by atoms with Crippen LogP contribution in [0.15, 0.2) is 84.6 Å². The van der Waals surface area contributed by atoms with Crippen LogP contribution in [0.2, 0.25) is 5.02 Å². The molecule has 0 saturated carbocycles. The fourth-order valence-electron chi connectivity index (χ4n) is 3.28. The van der Waals surface area contributed by atoms with Crippen LogP contribution in [-0.4, -0.2) is 21.8 Å². The third-order valence-electron chi connectivity index (χ3n) is 4.57. The fourth-order valence-corrected chi connectivity index (χ4v) is 3.40. The van der Waals surface area contributed by atoms with Gasteiger partial charge >= 0.3 is 5.91 Å². The normalized spacial score (nSPS) is 18.5. The van der Waals surface area contributed by atoms with Crippen molar-refractivity contribution in [1.82, 2.24) is 4.98 Å². The van der Waals surface area contributed by atoms with Crippen LogP contribution in [0, 0.1) is 0 Å². The molecule has 1 saturated heterocycles. The first-order valence-corrected chi connectivity index (χ1v) is 8.98. The summed E-state index contributed by atoms with van der Waals surface area (Å²) in [5.41, 5.74) is 1.12. The van der Waals surface area contributed by atoms with E-state index in [9.17, 15) is 14.7 Å². The Bertz CT molecular complexity index is 1060. The molecule has 0 unspecified atom stereocenters. The van der Waals surface area contributed by atoms with E-state index in [-0.39, 0.29) is 11.3 Å². The lowest BCUT2D eigenvalue weighted by molar-refractivity contribution is -0.132. The molecule has 6 heteroatoms. The van der Waals surface area contributed by atoms with Crippen molar-refractivity contribution in [2.24, 2.45) is 0 Å². The monoisotopic (exact) mass is 390 g/mol. The van der Waals surface area contributed by atoms with E-state index in [4.69, 9.17) is 11.6 Å². The Hall–Kier alpha value is -3.44. The number of Topliss-reactive ketones (excluding diaryl/α,β-unsaturated/α-hetero) is 1. The van der Waals surface area contributed by atoms with Gasteiger partial charge in [-0.1, -0.05) is 60.1 Å². The van der Waals surface area contributed by atoms with Gasteiger partial charge in [-0.15, -0.1) is 0 Å². The van der Waals surface area contributed by atoms with E-state index in [0.717, 1.165) is 0 Å². The van der Waals surface area contributed by atoms with Gasteiger partial charge in [-0.05, 0) is 29.8 Å². The highest BCUT2D eigenvalue weighted by Gasteiger charge is 2.47. The topological polar surface area (TPSA) is 70.5 Å². The molecule has 1 fully saturated rings. The number of rotatable bonds is 3. The maximum atomic E-state index is 12.9. The molecule has 1 aliphatic rings. The number of aromatic nitrogens is 1. The molecule has 2 heterocycles. The van der Waals surface area contributed by atoms with Crippen molar-refractivity contribution in [2.75, 3.05) is 4.90 Å². The summed E-state index contributed by atoms with van der Waals surface area (Å²) in [5, 5.41) is 11.4. The number of pyridine rings is 1. The molecule has 0 bridgehead atoms. The number of aliphatic hydroxyl groups is 1. The molecule has 5 nitrogen and oxygen atoms in total. The van der Waals surface area contributed by atoms with Crippen molar-refractivity contribution in [1.29, 1.82) is 0 Å². The number of anilines is 1. The Labute approximate surface area is 166 Å². The van der Waals surface area contributed by atoms with E-state index in [1.807, 2.05) is 0 Å². The van der Waals surface area contributed by atoms with Gasteiger partial charge in [0.2, 0.25) is 0 Å². The lowest BCUT2D eigenvalue weighted by atomic mass is 9.95. The Morgan fingerprint density at radius 2 is 1.61 bits per heavy atom. The second-order valence-corrected chi connectivity index (χ2v) is 6.71. The van der Waals surface area contributed by atoms with Crippen LogP contribution in [0.1, 0.15) is 17.2 Å². The Balaban J connectivity index is 1.95. The number of hydrogen-bond donors (Lipinski definition) is 1. The third kappa shape index (κ3) is 3.06. The average Bonchev–Trinajstić information content (AvgIpc) is 3.00. The molecule has 2 aromatic carbocycles. The minimum absolute atomic E-state index is 0.0178. The number of carbonyl (C=O) groups is 2. The van der Waals surface area contributed by atoms with Gasteiger partial charge in [0.05, 0.1) is 11.6 Å². The third-order valence-corrected chi connectivity index (χ3v) is 4.83. The summed E-state index contributed by atoms with van der Waals surface area (Å²) in [7, 11) is 0. The van der Waals surface area contributed by atoms with E-state index in [0.29, 0.717) is 22.0 Å². The molecule has 1 N–H and O–H groups in total. The van der Waals surface area contributed by atoms with Gasteiger partial charge in [0.25, 0.3) is 5.78 Å². The van der Waals surface area contributed by atoms with E-state index in [2.05, 4.69) is 4.98 Å². The molecule has 0 radical (unpaired) electrons. The van der Waals surface area contributed by atoms with E-state index >= 15 is 0 Å². The molecule has 1 atom stereocenters. The van der Waals surface area contributed by atoms with E-state index in [1.54, 1.807) is 79.0 Å². The first-order valence-electron chi connectivity index (χ1n) is 8.61. The Morgan fingerprint density at radius 3 is 2.25 bits per heavy atom. The van der Waals surface area contributed by atoms with Gasteiger partial charge in [-0.3, -0.25) is 14.5 Å². The van der Waals surface area contributed by atoms with Crippen molar-refractivity contribution in [3.05, 3.63) is 101 Å². The van der Waals surface area contributed by atoms with Crippen LogP contribution in [-0.2, 0) is 9.59 Å². The first-order chi connectivity index (χ1) is 13.6. The summed E-state index contributed by atoms with van der Waals surface area (Å²) in [6.07, 6.45) is 1.55. The molecule has 0 aliphatic carbocycles. The number of amides is 1. The van der Waals surface area contributed by atoms with E-state index < -0.39 is 17.7 Å². The minimum atomic E-state index is -0.813. The van der Waals surface area contributed by atoms with Crippen LogP contribution < -0.4 is 4.90 Å². The van der Waals surface area contributed by atoms with E-state index in [1.165, 1.54) is 4.90 Å². The zero-order chi connectivity index (χ0) is 19.7. The lowest BCUT2D eigenvalue weighted by Gasteiger charge is -2.24. The lowest BCUT2D eigenvalue weighted by Crippen LogP contribution is -2.30. The maximum Gasteiger partial charge on any atom is 0.301 e. The van der Waals surface area contributed by atoms with Crippen LogP contribution in [0.3, 0.4) is 0 Å². The highest BCUT2D eigenvalue weighted by molar-refractivity contribution is 6.51. The molecule has 1 aromatic heterocycles. The molecule has 0 spiro atoms. The molecule has 1 amide bonds. The maximum absolute atomic E-state index is 12.9. The molecule has 28 heavy (non-hydrogen) atoms.